The Balaban J connectivity index is 0.000000307. The van der Waals surface area contributed by atoms with Gasteiger partial charge in [-0.3, -0.25) is 25.3 Å². The molecule has 0 saturated heterocycles. The third kappa shape index (κ3) is 7.67. The van der Waals surface area contributed by atoms with Crippen LogP contribution in [0.25, 0.3) is 0 Å². The third-order valence-electron chi connectivity index (χ3n) is 3.00. The number of hydrogen-bond donors (Lipinski definition) is 5. The van der Waals surface area contributed by atoms with Crippen molar-refractivity contribution in [1.29, 1.82) is 5.41 Å². The molecule has 0 aliphatic carbocycles. The van der Waals surface area contributed by atoms with E-state index in [9.17, 15) is 18.5 Å². The number of nitro benzene ring substituents is 1. The summed E-state index contributed by atoms with van der Waals surface area (Å²) in [6.45, 7) is 1.84. The summed E-state index contributed by atoms with van der Waals surface area (Å²) < 4.78 is 29.6. The Hall–Kier alpha value is -3.06. The van der Waals surface area contributed by atoms with E-state index in [2.05, 4.69) is 10.5 Å². The predicted octanol–water partition coefficient (Wildman–Crippen LogP) is 2.33. The van der Waals surface area contributed by atoms with E-state index in [4.69, 9.17) is 26.8 Å². The van der Waals surface area contributed by atoms with Gasteiger partial charge in [0.05, 0.1) is 21.6 Å². The zero-order chi connectivity index (χ0) is 21.3. The maximum atomic E-state index is 10.7. The summed E-state index contributed by atoms with van der Waals surface area (Å²) in [6, 6.07) is 9.99. The van der Waals surface area contributed by atoms with Crippen molar-refractivity contribution in [3.8, 4) is 0 Å². The van der Waals surface area contributed by atoms with Crippen molar-refractivity contribution in [2.24, 2.45) is 5.10 Å². The van der Waals surface area contributed by atoms with Gasteiger partial charge in [-0.05, 0) is 31.2 Å². The standard InChI is InChI=1S/C8H8ClN5O3.C7H8O3S/c9-6-1-2-7(14(16)17)5(3-6)4-11-12-8(10)13-15;1-6-2-4-7(5-3-6)11(8,9)10/h1-4,15H,(H3,10,12,13);2-5H,1H3,(H,8,9,10)/b11-4+;. The highest BCUT2D eigenvalue weighted by Crippen LogP contribution is 2.20. The molecule has 0 fully saturated rings. The van der Waals surface area contributed by atoms with Crippen LogP contribution in [0, 0.1) is 22.4 Å². The van der Waals surface area contributed by atoms with E-state index < -0.39 is 21.0 Å². The number of rotatable bonds is 4. The summed E-state index contributed by atoms with van der Waals surface area (Å²) in [5.41, 5.74) is 4.56. The van der Waals surface area contributed by atoms with Gasteiger partial charge in [0.1, 0.15) is 0 Å². The number of hydroxylamine groups is 1. The Labute approximate surface area is 165 Å². The number of hydrazone groups is 1. The van der Waals surface area contributed by atoms with Gasteiger partial charge in [-0.15, -0.1) is 0 Å². The van der Waals surface area contributed by atoms with Crippen LogP contribution in [0.5, 0.6) is 0 Å². The molecule has 5 N–H and O–H groups in total. The molecular weight excluding hydrogens is 414 g/mol. The van der Waals surface area contributed by atoms with Gasteiger partial charge in [0.25, 0.3) is 15.8 Å². The fraction of sp³-hybridized carbons (Fsp3) is 0.0667. The molecule has 0 spiro atoms. The second-order valence-corrected chi connectivity index (χ2v) is 6.96. The number of nitrogens with one attached hydrogen (secondary N) is 3. The van der Waals surface area contributed by atoms with E-state index in [1.54, 1.807) is 12.1 Å². The van der Waals surface area contributed by atoms with Crippen LogP contribution in [0.15, 0.2) is 52.5 Å². The third-order valence-corrected chi connectivity index (χ3v) is 4.10. The van der Waals surface area contributed by atoms with E-state index in [0.717, 1.165) is 11.8 Å². The van der Waals surface area contributed by atoms with Crippen LogP contribution in [0.4, 0.5) is 5.69 Å². The van der Waals surface area contributed by atoms with Gasteiger partial charge in [-0.1, -0.05) is 29.3 Å². The molecule has 0 aliphatic rings. The molecule has 0 radical (unpaired) electrons. The number of nitrogens with zero attached hydrogens (tertiary/aromatic N) is 2. The minimum Gasteiger partial charge on any atom is -0.288 e. The molecule has 2 aromatic carbocycles. The number of aryl methyl sites for hydroxylation is 1. The predicted molar refractivity (Wildman–Crippen MR) is 102 cm³/mol. The van der Waals surface area contributed by atoms with Crippen molar-refractivity contribution in [3.05, 3.63) is 68.7 Å². The van der Waals surface area contributed by atoms with Crippen LogP contribution in [0.3, 0.4) is 0 Å². The highest BCUT2D eigenvalue weighted by atomic mass is 35.5. The van der Waals surface area contributed by atoms with Gasteiger partial charge >= 0.3 is 0 Å². The first-order valence-corrected chi connectivity index (χ1v) is 9.12. The normalized spacial score (nSPS) is 10.7. The van der Waals surface area contributed by atoms with Gasteiger partial charge in [0.2, 0.25) is 5.96 Å². The molecule has 0 aromatic heterocycles. The van der Waals surface area contributed by atoms with Crippen molar-refractivity contribution in [1.82, 2.24) is 10.9 Å². The van der Waals surface area contributed by atoms with Gasteiger partial charge < -0.3 is 0 Å². The summed E-state index contributed by atoms with van der Waals surface area (Å²) in [4.78, 5) is 10.0. The summed E-state index contributed by atoms with van der Waals surface area (Å²) in [7, 11) is -4.02. The second kappa shape index (κ2) is 10.3. The molecule has 11 nitrogen and oxygen atoms in total. The molecular formula is C15H16ClN5O6S. The van der Waals surface area contributed by atoms with Crippen LogP contribution in [-0.2, 0) is 10.1 Å². The Bertz CT molecular complexity index is 979. The molecule has 0 bridgehead atoms. The first-order valence-electron chi connectivity index (χ1n) is 7.30. The lowest BCUT2D eigenvalue weighted by atomic mass is 10.2. The number of halogens is 1. The molecule has 0 saturated carbocycles. The van der Waals surface area contributed by atoms with Crippen molar-refractivity contribution in [2.45, 2.75) is 11.8 Å². The molecule has 0 amide bonds. The van der Waals surface area contributed by atoms with Gasteiger partial charge in [0.15, 0.2) is 0 Å². The fourth-order valence-electron chi connectivity index (χ4n) is 1.70. The molecule has 0 heterocycles. The summed E-state index contributed by atoms with van der Waals surface area (Å²) in [6.07, 6.45) is 1.12. The van der Waals surface area contributed by atoms with Crippen LogP contribution < -0.4 is 10.9 Å². The van der Waals surface area contributed by atoms with Crippen molar-refractivity contribution in [3.63, 3.8) is 0 Å². The Morgan fingerprint density at radius 1 is 1.29 bits per heavy atom. The van der Waals surface area contributed by atoms with E-state index in [0.29, 0.717) is 5.02 Å². The zero-order valence-corrected chi connectivity index (χ0v) is 15.9. The zero-order valence-electron chi connectivity index (χ0n) is 14.3. The lowest BCUT2D eigenvalue weighted by Gasteiger charge is -2.00. The Morgan fingerprint density at radius 3 is 2.39 bits per heavy atom. The van der Waals surface area contributed by atoms with Crippen LogP contribution in [0.2, 0.25) is 5.02 Å². The lowest BCUT2D eigenvalue weighted by molar-refractivity contribution is -0.385. The number of hydrogen-bond acceptors (Lipinski definition) is 7. The lowest BCUT2D eigenvalue weighted by Crippen LogP contribution is -2.30. The molecule has 2 aromatic rings. The highest BCUT2D eigenvalue weighted by molar-refractivity contribution is 7.85. The molecule has 2 rings (SSSR count). The molecule has 0 unspecified atom stereocenters. The van der Waals surface area contributed by atoms with E-state index >= 15 is 0 Å². The molecule has 28 heavy (non-hydrogen) atoms. The van der Waals surface area contributed by atoms with Crippen LogP contribution in [-0.4, -0.2) is 35.3 Å². The van der Waals surface area contributed by atoms with E-state index in [1.165, 1.54) is 35.8 Å². The van der Waals surface area contributed by atoms with Crippen molar-refractivity contribution >= 4 is 39.6 Å². The smallest absolute Gasteiger partial charge is 0.288 e. The average molecular weight is 430 g/mol. The molecule has 0 aliphatic heterocycles. The SMILES string of the molecule is Cc1ccc(S(=O)(=O)O)cc1.N=C(NO)N/N=C/c1cc(Cl)ccc1[N+](=O)[O-]. The highest BCUT2D eigenvalue weighted by Gasteiger charge is 2.12. The van der Waals surface area contributed by atoms with E-state index in [-0.39, 0.29) is 16.1 Å². The largest absolute Gasteiger partial charge is 0.294 e. The number of guanidine groups is 1. The van der Waals surface area contributed by atoms with Crippen LogP contribution in [0.1, 0.15) is 11.1 Å². The monoisotopic (exact) mass is 429 g/mol. The van der Waals surface area contributed by atoms with Gasteiger partial charge in [-0.2, -0.15) is 13.5 Å². The Morgan fingerprint density at radius 2 is 1.89 bits per heavy atom. The van der Waals surface area contributed by atoms with E-state index in [1.807, 2.05) is 6.92 Å². The number of benzene rings is 2. The van der Waals surface area contributed by atoms with Gasteiger partial charge in [0, 0.05) is 11.1 Å². The van der Waals surface area contributed by atoms with Crippen LogP contribution >= 0.6 is 11.6 Å². The maximum Gasteiger partial charge on any atom is 0.294 e. The Kier molecular flexibility index (Phi) is 8.47. The first kappa shape index (κ1) is 23.0. The fourth-order valence-corrected chi connectivity index (χ4v) is 2.36. The molecule has 0 atom stereocenters. The van der Waals surface area contributed by atoms with Crippen molar-refractivity contribution < 1.29 is 23.1 Å². The summed E-state index contributed by atoms with van der Waals surface area (Å²) in [5, 5.41) is 29.7. The van der Waals surface area contributed by atoms with Crippen molar-refractivity contribution in [2.75, 3.05) is 0 Å². The first-order chi connectivity index (χ1) is 13.0. The number of nitro groups is 1. The molecule has 13 heteroatoms. The minimum atomic E-state index is -4.02. The topological polar surface area (TPSA) is 178 Å². The average Bonchev–Trinajstić information content (AvgIpc) is 2.61. The summed E-state index contributed by atoms with van der Waals surface area (Å²) >= 11 is 5.69. The second-order valence-electron chi connectivity index (χ2n) is 5.11. The molecule has 150 valence electrons. The quantitative estimate of drug-likeness (QED) is 0.161. The maximum absolute atomic E-state index is 10.7. The minimum absolute atomic E-state index is 0.0666. The summed E-state index contributed by atoms with van der Waals surface area (Å²) in [5.74, 6) is -0.467. The van der Waals surface area contributed by atoms with Gasteiger partial charge in [-0.25, -0.2) is 10.9 Å².